The molecule has 0 saturated heterocycles. The Morgan fingerprint density at radius 2 is 1.94 bits per heavy atom. The van der Waals surface area contributed by atoms with Gasteiger partial charge in [0, 0.05) is 11.1 Å². The first-order valence-corrected chi connectivity index (χ1v) is 5.77. The number of carbonyl (C=O) groups excluding carboxylic acids is 1. The third kappa shape index (κ3) is 2.91. The van der Waals surface area contributed by atoms with E-state index < -0.39 is 5.91 Å². The summed E-state index contributed by atoms with van der Waals surface area (Å²) in [5.74, 6) is -0.461. The molecule has 2 rings (SSSR count). The number of amides is 1. The van der Waals surface area contributed by atoms with Crippen molar-refractivity contribution < 1.29 is 4.79 Å². The van der Waals surface area contributed by atoms with Gasteiger partial charge in [-0.1, -0.05) is 29.3 Å². The zero-order chi connectivity index (χ0) is 13.1. The van der Waals surface area contributed by atoms with Gasteiger partial charge < -0.3 is 10.3 Å². The highest BCUT2D eigenvalue weighted by molar-refractivity contribution is 6.35. The number of benzene rings is 1. The number of aromatic amines is 1. The van der Waals surface area contributed by atoms with Gasteiger partial charge in [0.2, 0.25) is 5.56 Å². The summed E-state index contributed by atoms with van der Waals surface area (Å²) in [6.45, 7) is 0. The first kappa shape index (κ1) is 12.7. The van der Waals surface area contributed by atoms with Gasteiger partial charge in [-0.05, 0) is 24.3 Å². The molecule has 1 aromatic carbocycles. The molecule has 0 aliphatic carbocycles. The van der Waals surface area contributed by atoms with Crippen LogP contribution in [0.15, 0.2) is 41.2 Å². The highest BCUT2D eigenvalue weighted by atomic mass is 35.5. The van der Waals surface area contributed by atoms with Crippen LogP contribution in [0.1, 0.15) is 10.5 Å². The van der Waals surface area contributed by atoms with Crippen LogP contribution in [0.25, 0.3) is 0 Å². The van der Waals surface area contributed by atoms with Crippen molar-refractivity contribution in [2.45, 2.75) is 0 Å². The Balaban J connectivity index is 2.26. The Kier molecular flexibility index (Phi) is 3.69. The summed E-state index contributed by atoms with van der Waals surface area (Å²) >= 11 is 11.7. The van der Waals surface area contributed by atoms with E-state index in [0.29, 0.717) is 15.7 Å². The Bertz CT molecular complexity index is 653. The average Bonchev–Trinajstić information content (AvgIpc) is 2.34. The number of anilines is 1. The van der Waals surface area contributed by atoms with Crippen molar-refractivity contribution in [3.63, 3.8) is 0 Å². The molecule has 0 radical (unpaired) electrons. The minimum Gasteiger partial charge on any atom is -0.319 e. The molecular weight excluding hydrogens is 275 g/mol. The first-order valence-electron chi connectivity index (χ1n) is 5.02. The molecule has 0 saturated carbocycles. The van der Waals surface area contributed by atoms with Crippen LogP contribution in [0.4, 0.5) is 5.69 Å². The van der Waals surface area contributed by atoms with Gasteiger partial charge in [0.25, 0.3) is 5.91 Å². The molecule has 0 spiro atoms. The molecule has 0 aliphatic heterocycles. The lowest BCUT2D eigenvalue weighted by Gasteiger charge is -2.07. The molecule has 6 heteroatoms. The summed E-state index contributed by atoms with van der Waals surface area (Å²) in [5, 5.41) is 3.39. The third-order valence-corrected chi connectivity index (χ3v) is 2.75. The average molecular weight is 283 g/mol. The molecule has 1 heterocycles. The maximum Gasteiger partial charge on any atom is 0.272 e. The topological polar surface area (TPSA) is 62.0 Å². The summed E-state index contributed by atoms with van der Waals surface area (Å²) in [4.78, 5) is 25.4. The van der Waals surface area contributed by atoms with E-state index in [9.17, 15) is 9.59 Å². The summed E-state index contributed by atoms with van der Waals surface area (Å²) < 4.78 is 0. The zero-order valence-electron chi connectivity index (χ0n) is 9.04. The van der Waals surface area contributed by atoms with Crippen LogP contribution >= 0.6 is 23.2 Å². The number of pyridine rings is 1. The third-order valence-electron chi connectivity index (χ3n) is 2.19. The van der Waals surface area contributed by atoms with Crippen molar-refractivity contribution in [1.82, 2.24) is 4.98 Å². The molecule has 18 heavy (non-hydrogen) atoms. The van der Waals surface area contributed by atoms with Crippen LogP contribution in [0.2, 0.25) is 10.0 Å². The fourth-order valence-electron chi connectivity index (χ4n) is 1.36. The monoisotopic (exact) mass is 282 g/mol. The van der Waals surface area contributed by atoms with Crippen molar-refractivity contribution in [3.05, 3.63) is 62.5 Å². The van der Waals surface area contributed by atoms with Gasteiger partial charge in [-0.2, -0.15) is 0 Å². The van der Waals surface area contributed by atoms with Crippen molar-refractivity contribution >= 4 is 34.8 Å². The summed E-state index contributed by atoms with van der Waals surface area (Å²) in [6.07, 6.45) is 0. The minimum atomic E-state index is -0.461. The number of halogens is 2. The highest BCUT2D eigenvalue weighted by Crippen LogP contribution is 2.25. The van der Waals surface area contributed by atoms with Crippen LogP contribution in [-0.2, 0) is 0 Å². The molecule has 0 aliphatic rings. The van der Waals surface area contributed by atoms with Crippen molar-refractivity contribution in [2.24, 2.45) is 0 Å². The number of carbonyl (C=O) groups is 1. The molecule has 92 valence electrons. The van der Waals surface area contributed by atoms with Gasteiger partial charge >= 0.3 is 0 Å². The smallest absolute Gasteiger partial charge is 0.272 e. The van der Waals surface area contributed by atoms with E-state index in [1.165, 1.54) is 24.3 Å². The van der Waals surface area contributed by atoms with Crippen molar-refractivity contribution in [2.75, 3.05) is 5.32 Å². The second-order valence-corrected chi connectivity index (χ2v) is 4.35. The van der Waals surface area contributed by atoms with Gasteiger partial charge in [0.15, 0.2) is 0 Å². The van der Waals surface area contributed by atoms with Gasteiger partial charge in [0.05, 0.1) is 10.7 Å². The zero-order valence-corrected chi connectivity index (χ0v) is 10.5. The van der Waals surface area contributed by atoms with E-state index in [0.717, 1.165) is 0 Å². The number of nitrogens with one attached hydrogen (secondary N) is 2. The van der Waals surface area contributed by atoms with E-state index >= 15 is 0 Å². The van der Waals surface area contributed by atoms with E-state index in [2.05, 4.69) is 10.3 Å². The van der Waals surface area contributed by atoms with Gasteiger partial charge in [-0.25, -0.2) is 0 Å². The van der Waals surface area contributed by atoms with E-state index in [4.69, 9.17) is 23.2 Å². The van der Waals surface area contributed by atoms with Crippen LogP contribution in [0.3, 0.4) is 0 Å². The fraction of sp³-hybridized carbons (Fsp3) is 0. The largest absolute Gasteiger partial charge is 0.319 e. The molecule has 0 bridgehead atoms. The van der Waals surface area contributed by atoms with E-state index in [1.807, 2.05) is 0 Å². The number of aromatic nitrogens is 1. The SMILES string of the molecule is O=C(Nc1cc(Cl)ccc1Cl)c1cccc(=O)[nH]1. The molecular formula is C12H8Cl2N2O2. The maximum absolute atomic E-state index is 11.8. The lowest BCUT2D eigenvalue weighted by atomic mass is 10.3. The Morgan fingerprint density at radius 3 is 2.67 bits per heavy atom. The molecule has 2 N–H and O–H groups in total. The predicted molar refractivity (Wildman–Crippen MR) is 71.5 cm³/mol. The summed E-state index contributed by atoms with van der Waals surface area (Å²) in [5.41, 5.74) is 0.192. The molecule has 0 atom stereocenters. The maximum atomic E-state index is 11.8. The summed E-state index contributed by atoms with van der Waals surface area (Å²) in [7, 11) is 0. The van der Waals surface area contributed by atoms with Gasteiger partial charge in [-0.15, -0.1) is 0 Å². The second kappa shape index (κ2) is 5.25. The standard InChI is InChI=1S/C12H8Cl2N2O2/c13-7-4-5-8(14)10(6-7)16-12(18)9-2-1-3-11(17)15-9/h1-6H,(H,15,17)(H,16,18). The number of rotatable bonds is 2. The van der Waals surface area contributed by atoms with Gasteiger partial charge in [0.1, 0.15) is 5.69 Å². The lowest BCUT2D eigenvalue weighted by molar-refractivity contribution is 0.102. The molecule has 1 amide bonds. The first-order chi connectivity index (χ1) is 8.56. The highest BCUT2D eigenvalue weighted by Gasteiger charge is 2.09. The predicted octanol–water partition coefficient (Wildman–Crippen LogP) is 2.93. The Labute approximate surface area is 113 Å². The normalized spacial score (nSPS) is 10.1. The summed E-state index contributed by atoms with van der Waals surface area (Å²) in [6, 6.07) is 9.03. The molecule has 0 unspecified atom stereocenters. The van der Waals surface area contributed by atoms with Crippen LogP contribution in [0, 0.1) is 0 Å². The minimum absolute atomic E-state index is 0.151. The van der Waals surface area contributed by atoms with Crippen LogP contribution < -0.4 is 10.9 Å². The number of H-pyrrole nitrogens is 1. The lowest BCUT2D eigenvalue weighted by Crippen LogP contribution is -2.18. The van der Waals surface area contributed by atoms with E-state index in [1.54, 1.807) is 12.1 Å². The van der Waals surface area contributed by atoms with Crippen molar-refractivity contribution in [1.29, 1.82) is 0 Å². The Hall–Kier alpha value is -1.78. The Morgan fingerprint density at radius 1 is 1.17 bits per heavy atom. The quantitative estimate of drug-likeness (QED) is 0.890. The van der Waals surface area contributed by atoms with Crippen LogP contribution in [0.5, 0.6) is 0 Å². The van der Waals surface area contributed by atoms with Crippen LogP contribution in [-0.4, -0.2) is 10.9 Å². The fourth-order valence-corrected chi connectivity index (χ4v) is 1.70. The second-order valence-electron chi connectivity index (χ2n) is 3.51. The molecule has 2 aromatic rings. The number of hydrogen-bond donors (Lipinski definition) is 2. The molecule has 0 fully saturated rings. The van der Waals surface area contributed by atoms with Crippen molar-refractivity contribution in [3.8, 4) is 0 Å². The molecule has 1 aromatic heterocycles. The molecule has 4 nitrogen and oxygen atoms in total. The van der Waals surface area contributed by atoms with Gasteiger partial charge in [-0.3, -0.25) is 9.59 Å². The van der Waals surface area contributed by atoms with E-state index in [-0.39, 0.29) is 11.3 Å². The number of hydrogen-bond acceptors (Lipinski definition) is 2.